The Balaban J connectivity index is 1.84. The van der Waals surface area contributed by atoms with E-state index in [1.807, 2.05) is 13.1 Å². The van der Waals surface area contributed by atoms with Crippen LogP contribution in [0.25, 0.3) is 0 Å². The molecule has 1 aromatic heterocycles. The number of aliphatic hydroxyl groups is 1. The topological polar surface area (TPSA) is 36.4 Å². The molecule has 2 heterocycles. The Morgan fingerprint density at radius 3 is 3.00 bits per heavy atom. The standard InChI is InChI=1S/C15H18N2OS/c1-11-16-8-13(19-11)9-17-7-6-12-4-2-3-5-14(12)15(17)10-18/h2-5,8,15,18H,6-7,9-10H2,1H3. The largest absolute Gasteiger partial charge is 0.394 e. The van der Waals surface area contributed by atoms with Crippen LogP contribution in [0.3, 0.4) is 0 Å². The van der Waals surface area contributed by atoms with Crippen LogP contribution >= 0.6 is 11.3 Å². The Bertz CT molecular complexity index is 567. The van der Waals surface area contributed by atoms with E-state index in [-0.39, 0.29) is 12.6 Å². The van der Waals surface area contributed by atoms with E-state index < -0.39 is 0 Å². The Hall–Kier alpha value is -1.23. The molecule has 1 aliphatic heterocycles. The Morgan fingerprint density at radius 2 is 2.26 bits per heavy atom. The molecule has 0 saturated heterocycles. The van der Waals surface area contributed by atoms with E-state index in [2.05, 4.69) is 34.1 Å². The van der Waals surface area contributed by atoms with Gasteiger partial charge in [-0.2, -0.15) is 0 Å². The van der Waals surface area contributed by atoms with Crippen molar-refractivity contribution in [3.8, 4) is 0 Å². The van der Waals surface area contributed by atoms with Crippen LogP contribution in [0.15, 0.2) is 30.5 Å². The Labute approximate surface area is 117 Å². The van der Waals surface area contributed by atoms with Gasteiger partial charge in [0.1, 0.15) is 0 Å². The smallest absolute Gasteiger partial charge is 0.0897 e. The zero-order chi connectivity index (χ0) is 13.2. The number of aliphatic hydroxyl groups excluding tert-OH is 1. The fourth-order valence-corrected chi connectivity index (χ4v) is 3.61. The van der Waals surface area contributed by atoms with Crippen molar-refractivity contribution in [1.29, 1.82) is 0 Å². The molecule has 0 amide bonds. The number of aryl methyl sites for hydroxylation is 1. The van der Waals surface area contributed by atoms with Crippen LogP contribution in [-0.2, 0) is 13.0 Å². The molecule has 1 aromatic carbocycles. The van der Waals surface area contributed by atoms with E-state index in [4.69, 9.17) is 0 Å². The van der Waals surface area contributed by atoms with Crippen molar-refractivity contribution in [2.75, 3.05) is 13.2 Å². The lowest BCUT2D eigenvalue weighted by molar-refractivity contribution is 0.109. The summed E-state index contributed by atoms with van der Waals surface area (Å²) < 4.78 is 0. The quantitative estimate of drug-likeness (QED) is 0.934. The van der Waals surface area contributed by atoms with Crippen molar-refractivity contribution in [3.63, 3.8) is 0 Å². The summed E-state index contributed by atoms with van der Waals surface area (Å²) in [5.41, 5.74) is 2.65. The molecule has 1 atom stereocenters. The first-order valence-electron chi connectivity index (χ1n) is 6.62. The summed E-state index contributed by atoms with van der Waals surface area (Å²) in [6.45, 7) is 4.09. The molecular weight excluding hydrogens is 256 g/mol. The van der Waals surface area contributed by atoms with Crippen LogP contribution < -0.4 is 0 Å². The van der Waals surface area contributed by atoms with Gasteiger partial charge >= 0.3 is 0 Å². The number of aromatic nitrogens is 1. The minimum atomic E-state index is 0.118. The van der Waals surface area contributed by atoms with Gasteiger partial charge in [-0.25, -0.2) is 4.98 Å². The van der Waals surface area contributed by atoms with Gasteiger partial charge in [0, 0.05) is 24.2 Å². The second-order valence-electron chi connectivity index (χ2n) is 4.96. The third-order valence-electron chi connectivity index (χ3n) is 3.72. The van der Waals surface area contributed by atoms with Gasteiger partial charge in [0.25, 0.3) is 0 Å². The first-order valence-corrected chi connectivity index (χ1v) is 7.43. The molecule has 4 heteroatoms. The maximum absolute atomic E-state index is 9.74. The molecule has 0 spiro atoms. The van der Waals surface area contributed by atoms with E-state index in [0.717, 1.165) is 24.5 Å². The molecule has 100 valence electrons. The number of fused-ring (bicyclic) bond motifs is 1. The second kappa shape index (κ2) is 5.41. The minimum absolute atomic E-state index is 0.118. The Kier molecular flexibility index (Phi) is 3.64. The van der Waals surface area contributed by atoms with Crippen LogP contribution in [0.5, 0.6) is 0 Å². The monoisotopic (exact) mass is 274 g/mol. The van der Waals surface area contributed by atoms with Gasteiger partial charge in [-0.15, -0.1) is 11.3 Å². The highest BCUT2D eigenvalue weighted by Gasteiger charge is 2.26. The van der Waals surface area contributed by atoms with Crippen LogP contribution in [-0.4, -0.2) is 28.1 Å². The van der Waals surface area contributed by atoms with Gasteiger partial charge in [0.2, 0.25) is 0 Å². The molecule has 3 nitrogen and oxygen atoms in total. The van der Waals surface area contributed by atoms with Gasteiger partial charge in [-0.3, -0.25) is 4.90 Å². The van der Waals surface area contributed by atoms with Gasteiger partial charge in [0.05, 0.1) is 17.7 Å². The number of hydrogen-bond acceptors (Lipinski definition) is 4. The average molecular weight is 274 g/mol. The molecule has 1 N–H and O–H groups in total. The lowest BCUT2D eigenvalue weighted by atomic mass is 9.93. The van der Waals surface area contributed by atoms with Crippen molar-refractivity contribution >= 4 is 11.3 Å². The highest BCUT2D eigenvalue weighted by atomic mass is 32.1. The summed E-state index contributed by atoms with van der Waals surface area (Å²) >= 11 is 1.74. The van der Waals surface area contributed by atoms with Crippen molar-refractivity contribution in [2.24, 2.45) is 0 Å². The SMILES string of the molecule is Cc1ncc(CN2CCc3ccccc3C2CO)s1. The van der Waals surface area contributed by atoms with Gasteiger partial charge in [-0.05, 0) is 24.5 Å². The van der Waals surface area contributed by atoms with Gasteiger partial charge in [0.15, 0.2) is 0 Å². The van der Waals surface area contributed by atoms with Crippen LogP contribution in [0.4, 0.5) is 0 Å². The zero-order valence-electron chi connectivity index (χ0n) is 11.0. The van der Waals surface area contributed by atoms with Crippen molar-refractivity contribution in [2.45, 2.75) is 25.9 Å². The molecular formula is C15H18N2OS. The highest BCUT2D eigenvalue weighted by Crippen LogP contribution is 2.31. The second-order valence-corrected chi connectivity index (χ2v) is 6.28. The van der Waals surface area contributed by atoms with Crippen molar-refractivity contribution in [3.05, 3.63) is 51.5 Å². The molecule has 0 fully saturated rings. The summed E-state index contributed by atoms with van der Waals surface area (Å²) in [5.74, 6) is 0. The van der Waals surface area contributed by atoms with E-state index in [0.29, 0.717) is 0 Å². The fraction of sp³-hybridized carbons (Fsp3) is 0.400. The maximum Gasteiger partial charge on any atom is 0.0897 e. The minimum Gasteiger partial charge on any atom is -0.394 e. The number of thiazole rings is 1. The average Bonchev–Trinajstić information content (AvgIpc) is 2.84. The Morgan fingerprint density at radius 1 is 1.42 bits per heavy atom. The summed E-state index contributed by atoms with van der Waals surface area (Å²) in [6, 6.07) is 8.57. The predicted octanol–water partition coefficient (Wildman–Crippen LogP) is 2.54. The van der Waals surface area contributed by atoms with E-state index in [1.165, 1.54) is 16.0 Å². The first-order chi connectivity index (χ1) is 9.28. The molecule has 19 heavy (non-hydrogen) atoms. The normalized spacial score (nSPS) is 19.4. The van der Waals surface area contributed by atoms with Crippen LogP contribution in [0, 0.1) is 6.92 Å². The molecule has 0 saturated carbocycles. The van der Waals surface area contributed by atoms with E-state index >= 15 is 0 Å². The van der Waals surface area contributed by atoms with E-state index in [9.17, 15) is 5.11 Å². The number of benzene rings is 1. The third kappa shape index (κ3) is 2.56. The zero-order valence-corrected chi connectivity index (χ0v) is 11.9. The molecule has 0 bridgehead atoms. The number of rotatable bonds is 3. The van der Waals surface area contributed by atoms with Crippen LogP contribution in [0.2, 0.25) is 0 Å². The lowest BCUT2D eigenvalue weighted by Crippen LogP contribution is -2.36. The molecule has 3 rings (SSSR count). The molecule has 0 aliphatic carbocycles. The first kappa shape index (κ1) is 12.8. The molecule has 2 aromatic rings. The number of hydrogen-bond donors (Lipinski definition) is 1. The predicted molar refractivity (Wildman–Crippen MR) is 77.2 cm³/mol. The van der Waals surface area contributed by atoms with Crippen LogP contribution in [0.1, 0.15) is 27.1 Å². The summed E-state index contributed by atoms with van der Waals surface area (Å²) in [6.07, 6.45) is 3.01. The maximum atomic E-state index is 9.74. The lowest BCUT2D eigenvalue weighted by Gasteiger charge is -2.36. The number of nitrogens with zero attached hydrogens (tertiary/aromatic N) is 2. The summed E-state index contributed by atoms with van der Waals surface area (Å²) in [5, 5.41) is 10.8. The summed E-state index contributed by atoms with van der Waals surface area (Å²) in [4.78, 5) is 7.94. The van der Waals surface area contributed by atoms with Crippen molar-refractivity contribution in [1.82, 2.24) is 9.88 Å². The molecule has 1 aliphatic rings. The molecule has 0 radical (unpaired) electrons. The van der Waals surface area contributed by atoms with E-state index in [1.54, 1.807) is 11.3 Å². The fourth-order valence-electron chi connectivity index (χ4n) is 2.79. The van der Waals surface area contributed by atoms with Gasteiger partial charge in [-0.1, -0.05) is 24.3 Å². The highest BCUT2D eigenvalue weighted by molar-refractivity contribution is 7.11. The molecule has 1 unspecified atom stereocenters. The summed E-state index contributed by atoms with van der Waals surface area (Å²) in [7, 11) is 0. The van der Waals surface area contributed by atoms with Crippen molar-refractivity contribution < 1.29 is 5.11 Å². The van der Waals surface area contributed by atoms with Gasteiger partial charge < -0.3 is 5.11 Å². The third-order valence-corrected chi connectivity index (χ3v) is 4.62.